The van der Waals surface area contributed by atoms with E-state index in [1.165, 1.54) is 135 Å². The number of carbonyl (C=O) groups is 3. The first kappa shape index (κ1) is 72.1. The van der Waals surface area contributed by atoms with Crippen LogP contribution >= 0.6 is 0 Å². The van der Waals surface area contributed by atoms with E-state index in [1.54, 1.807) is 0 Å². The van der Waals surface area contributed by atoms with Crippen LogP contribution in [0.5, 0.6) is 0 Å². The van der Waals surface area contributed by atoms with Crippen LogP contribution in [-0.4, -0.2) is 37.2 Å². The molecule has 1 atom stereocenters. The number of ether oxygens (including phenoxy) is 3. The number of carbonyl (C=O) groups excluding carboxylic acids is 3. The van der Waals surface area contributed by atoms with Crippen LogP contribution in [0.4, 0.5) is 0 Å². The lowest BCUT2D eigenvalue weighted by atomic mass is 10.0. The molecule has 0 fully saturated rings. The molecule has 6 heteroatoms. The smallest absolute Gasteiger partial charge is 0.306 e. The summed E-state index contributed by atoms with van der Waals surface area (Å²) in [7, 11) is 0. The van der Waals surface area contributed by atoms with Crippen LogP contribution in [0.25, 0.3) is 0 Å². The lowest BCUT2D eigenvalue weighted by molar-refractivity contribution is -0.167. The highest BCUT2D eigenvalue weighted by atomic mass is 16.6. The first-order chi connectivity index (χ1) is 37.5. The minimum Gasteiger partial charge on any atom is -0.462 e. The molecular formula is C70H118O6. The Morgan fingerprint density at radius 3 is 0.803 bits per heavy atom. The van der Waals surface area contributed by atoms with Crippen LogP contribution in [0.3, 0.4) is 0 Å². The third-order valence-electron chi connectivity index (χ3n) is 13.5. The molecule has 0 aliphatic carbocycles. The summed E-state index contributed by atoms with van der Waals surface area (Å²) in [5.74, 6) is -0.885. The maximum atomic E-state index is 12.9. The van der Waals surface area contributed by atoms with Gasteiger partial charge in [0.2, 0.25) is 0 Å². The number of unbranched alkanes of at least 4 members (excludes halogenated alkanes) is 28. The van der Waals surface area contributed by atoms with Gasteiger partial charge in [-0.25, -0.2) is 0 Å². The predicted molar refractivity (Wildman–Crippen MR) is 330 cm³/mol. The van der Waals surface area contributed by atoms with Gasteiger partial charge in [0.25, 0.3) is 0 Å². The summed E-state index contributed by atoms with van der Waals surface area (Å²) < 4.78 is 16.9. The Hall–Kier alpha value is -3.93. The zero-order chi connectivity index (χ0) is 55.0. The van der Waals surface area contributed by atoms with Crippen LogP contribution in [0.15, 0.2) is 109 Å². The molecule has 0 radical (unpaired) electrons. The van der Waals surface area contributed by atoms with Gasteiger partial charge in [-0.1, -0.05) is 284 Å². The molecule has 0 spiro atoms. The highest BCUT2D eigenvalue weighted by Crippen LogP contribution is 2.16. The summed E-state index contributed by atoms with van der Waals surface area (Å²) in [5, 5.41) is 0. The molecule has 1 unspecified atom stereocenters. The van der Waals surface area contributed by atoms with Gasteiger partial charge in [-0.3, -0.25) is 14.4 Å². The highest BCUT2D eigenvalue weighted by molar-refractivity contribution is 5.71. The van der Waals surface area contributed by atoms with Crippen molar-refractivity contribution in [1.29, 1.82) is 0 Å². The molecule has 0 rings (SSSR count). The van der Waals surface area contributed by atoms with Crippen molar-refractivity contribution in [1.82, 2.24) is 0 Å². The molecule has 0 aromatic heterocycles. The van der Waals surface area contributed by atoms with Crippen molar-refractivity contribution in [2.24, 2.45) is 0 Å². The number of hydrogen-bond acceptors (Lipinski definition) is 6. The third-order valence-corrected chi connectivity index (χ3v) is 13.5. The van der Waals surface area contributed by atoms with Crippen LogP contribution in [0.2, 0.25) is 0 Å². The zero-order valence-corrected chi connectivity index (χ0v) is 49.7. The van der Waals surface area contributed by atoms with Crippen molar-refractivity contribution >= 4 is 17.9 Å². The van der Waals surface area contributed by atoms with Gasteiger partial charge in [-0.2, -0.15) is 0 Å². The van der Waals surface area contributed by atoms with E-state index in [-0.39, 0.29) is 31.1 Å². The predicted octanol–water partition coefficient (Wildman–Crippen LogP) is 21.8. The van der Waals surface area contributed by atoms with Crippen molar-refractivity contribution in [3.05, 3.63) is 109 Å². The van der Waals surface area contributed by atoms with Gasteiger partial charge < -0.3 is 14.2 Å². The van der Waals surface area contributed by atoms with E-state index >= 15 is 0 Å². The van der Waals surface area contributed by atoms with Crippen molar-refractivity contribution in [3.63, 3.8) is 0 Å². The standard InChI is InChI=1S/C70H118O6/c1-4-7-10-13-16-19-22-24-26-28-30-32-34-35-37-38-40-42-44-46-48-51-54-57-60-63-69(72)75-66-67(65-74-68(71)62-59-56-53-50-21-18-15-12-9-6-3)76-70(73)64-61-58-55-52-49-47-45-43-41-39-36-33-31-29-27-25-23-20-17-14-11-8-5-2/h7-8,10-11,16-17,19-20,24-27,30-33,35,37,67H,4-6,9,12-15,18,21-23,28-29,34,36,38-66H2,1-3H3/b10-7-,11-8-,19-16-,20-17-,26-24-,27-25-,32-30-,33-31-,37-35-. The summed E-state index contributed by atoms with van der Waals surface area (Å²) in [5.41, 5.74) is 0. The highest BCUT2D eigenvalue weighted by Gasteiger charge is 2.19. The Kier molecular flexibility index (Phi) is 60.3. The topological polar surface area (TPSA) is 78.9 Å². The van der Waals surface area contributed by atoms with Crippen molar-refractivity contribution in [3.8, 4) is 0 Å². The van der Waals surface area contributed by atoms with Gasteiger partial charge >= 0.3 is 17.9 Å². The number of hydrogen-bond donors (Lipinski definition) is 0. The van der Waals surface area contributed by atoms with E-state index in [9.17, 15) is 14.4 Å². The largest absolute Gasteiger partial charge is 0.462 e. The number of rotatable bonds is 57. The molecule has 0 aromatic carbocycles. The molecule has 0 saturated carbocycles. The van der Waals surface area contributed by atoms with Gasteiger partial charge in [-0.05, 0) is 103 Å². The molecule has 0 N–H and O–H groups in total. The summed E-state index contributed by atoms with van der Waals surface area (Å²) in [6, 6.07) is 0. The van der Waals surface area contributed by atoms with E-state index in [0.29, 0.717) is 19.3 Å². The molecule has 0 heterocycles. The Balaban J connectivity index is 4.28. The van der Waals surface area contributed by atoms with E-state index < -0.39 is 6.10 Å². The molecule has 434 valence electrons. The van der Waals surface area contributed by atoms with E-state index in [1.807, 2.05) is 0 Å². The number of esters is 3. The Morgan fingerprint density at radius 2 is 0.513 bits per heavy atom. The van der Waals surface area contributed by atoms with Gasteiger partial charge in [0.05, 0.1) is 0 Å². The Labute approximate surface area is 470 Å². The van der Waals surface area contributed by atoms with Crippen molar-refractivity contribution in [2.45, 2.75) is 303 Å². The second-order valence-electron chi connectivity index (χ2n) is 20.9. The lowest BCUT2D eigenvalue weighted by Gasteiger charge is -2.18. The SMILES string of the molecule is CC/C=C\C/C=C\C/C=C\C/C=C\C/C=C\CCCCCCCCCCCC(=O)OCC(COC(=O)CCCCCCCCCCCC)OC(=O)CCCCCCCCCCCC/C=C\C/C=C\C/C=C\C/C=C\CC. The minimum absolute atomic E-state index is 0.0799. The van der Waals surface area contributed by atoms with Gasteiger partial charge in [0, 0.05) is 19.3 Å². The fraction of sp³-hybridized carbons (Fsp3) is 0.700. The summed E-state index contributed by atoms with van der Waals surface area (Å²) >= 11 is 0. The molecule has 0 aliphatic rings. The summed E-state index contributed by atoms with van der Waals surface area (Å²) in [6.45, 7) is 6.41. The second-order valence-corrected chi connectivity index (χ2v) is 20.9. The van der Waals surface area contributed by atoms with Crippen molar-refractivity contribution < 1.29 is 28.6 Å². The minimum atomic E-state index is -0.783. The molecular weight excluding hydrogens is 937 g/mol. The van der Waals surface area contributed by atoms with Gasteiger partial charge in [0.15, 0.2) is 6.10 Å². The van der Waals surface area contributed by atoms with Crippen LogP contribution in [0.1, 0.15) is 297 Å². The average molecular weight is 1060 g/mol. The maximum Gasteiger partial charge on any atom is 0.306 e. The van der Waals surface area contributed by atoms with E-state index in [4.69, 9.17) is 14.2 Å². The van der Waals surface area contributed by atoms with Gasteiger partial charge in [0.1, 0.15) is 13.2 Å². The fourth-order valence-electron chi connectivity index (χ4n) is 8.81. The van der Waals surface area contributed by atoms with Crippen LogP contribution in [-0.2, 0) is 28.6 Å². The third kappa shape index (κ3) is 60.9. The Morgan fingerprint density at radius 1 is 0.276 bits per heavy atom. The number of allylic oxidation sites excluding steroid dienone is 18. The quantitative estimate of drug-likeness (QED) is 0.0261. The molecule has 0 aliphatic heterocycles. The van der Waals surface area contributed by atoms with Crippen molar-refractivity contribution in [2.75, 3.05) is 13.2 Å². The first-order valence-corrected chi connectivity index (χ1v) is 31.9. The van der Waals surface area contributed by atoms with E-state index in [2.05, 4.69) is 130 Å². The molecule has 0 saturated heterocycles. The summed E-state index contributed by atoms with van der Waals surface area (Å²) in [4.78, 5) is 38.2. The van der Waals surface area contributed by atoms with E-state index in [0.717, 1.165) is 122 Å². The maximum absolute atomic E-state index is 12.9. The second kappa shape index (κ2) is 63.6. The van der Waals surface area contributed by atoms with Crippen LogP contribution in [0, 0.1) is 0 Å². The first-order valence-electron chi connectivity index (χ1n) is 31.9. The normalized spacial score (nSPS) is 12.8. The van der Waals surface area contributed by atoms with Crippen LogP contribution < -0.4 is 0 Å². The summed E-state index contributed by atoms with van der Waals surface area (Å²) in [6.07, 6.45) is 86.7. The zero-order valence-electron chi connectivity index (χ0n) is 49.7. The lowest BCUT2D eigenvalue weighted by Crippen LogP contribution is -2.30. The Bertz CT molecular complexity index is 1540. The molecule has 0 aromatic rings. The molecule has 0 amide bonds. The van der Waals surface area contributed by atoms with Gasteiger partial charge in [-0.15, -0.1) is 0 Å². The fourth-order valence-corrected chi connectivity index (χ4v) is 8.81. The molecule has 6 nitrogen and oxygen atoms in total. The molecule has 0 bridgehead atoms. The molecule has 76 heavy (non-hydrogen) atoms. The average Bonchev–Trinajstić information content (AvgIpc) is 3.42. The monoisotopic (exact) mass is 1050 g/mol.